The Kier molecular flexibility index (Phi) is 6.41. The van der Waals surface area contributed by atoms with Crippen molar-refractivity contribution in [2.45, 2.75) is 64.6 Å². The van der Waals surface area contributed by atoms with Crippen LogP contribution in [0.3, 0.4) is 0 Å². The number of hydrogen-bond donors (Lipinski definition) is 0. The van der Waals surface area contributed by atoms with Crippen molar-refractivity contribution in [3.63, 3.8) is 0 Å². The second kappa shape index (κ2) is 8.37. The summed E-state index contributed by atoms with van der Waals surface area (Å²) in [6.07, 6.45) is 5.45. The quantitative estimate of drug-likeness (QED) is 0.670. The lowest BCUT2D eigenvalue weighted by atomic mass is 9.75. The van der Waals surface area contributed by atoms with Crippen LogP contribution >= 0.6 is 7.37 Å². The summed E-state index contributed by atoms with van der Waals surface area (Å²) >= 11 is 0. The molecular formula is C21H33O3P. The number of rotatable bonds is 5. The SMILES string of the molecule is CC(C)[C@@H]1CC[C@@H](C)C[C@H]1O[P@@](=O)(c1ccccc1)C1CCCOC1. The van der Waals surface area contributed by atoms with Crippen molar-refractivity contribution >= 4 is 12.7 Å². The lowest BCUT2D eigenvalue weighted by Gasteiger charge is -2.41. The molecule has 0 radical (unpaired) electrons. The summed E-state index contributed by atoms with van der Waals surface area (Å²) in [5.41, 5.74) is -0.00584. The van der Waals surface area contributed by atoms with Crippen molar-refractivity contribution in [2.24, 2.45) is 17.8 Å². The largest absolute Gasteiger partial charge is 0.381 e. The van der Waals surface area contributed by atoms with Gasteiger partial charge in [0, 0.05) is 11.9 Å². The van der Waals surface area contributed by atoms with Crippen LogP contribution in [-0.2, 0) is 13.8 Å². The highest BCUT2D eigenvalue weighted by Crippen LogP contribution is 2.56. The van der Waals surface area contributed by atoms with Gasteiger partial charge in [0.15, 0.2) is 0 Å². The minimum Gasteiger partial charge on any atom is -0.381 e. The molecule has 3 rings (SSSR count). The maximum atomic E-state index is 14.2. The molecule has 0 amide bonds. The second-order valence-corrected chi connectivity index (χ2v) is 10.9. The van der Waals surface area contributed by atoms with Crippen LogP contribution in [0.4, 0.5) is 0 Å². The first-order valence-electron chi connectivity index (χ1n) is 9.92. The van der Waals surface area contributed by atoms with E-state index < -0.39 is 7.37 Å². The third-order valence-corrected chi connectivity index (χ3v) is 8.96. The summed E-state index contributed by atoms with van der Waals surface area (Å²) < 4.78 is 26.5. The zero-order valence-corrected chi connectivity index (χ0v) is 16.8. The van der Waals surface area contributed by atoms with E-state index in [1.807, 2.05) is 30.3 Å². The zero-order valence-electron chi connectivity index (χ0n) is 15.9. The Morgan fingerprint density at radius 1 is 1.16 bits per heavy atom. The number of hydrogen-bond acceptors (Lipinski definition) is 3. The van der Waals surface area contributed by atoms with Gasteiger partial charge in [-0.15, -0.1) is 0 Å². The molecule has 0 bridgehead atoms. The van der Waals surface area contributed by atoms with Crippen molar-refractivity contribution < 1.29 is 13.8 Å². The molecule has 1 aliphatic carbocycles. The van der Waals surface area contributed by atoms with Crippen LogP contribution in [0.1, 0.15) is 52.9 Å². The van der Waals surface area contributed by atoms with E-state index >= 15 is 0 Å². The Balaban J connectivity index is 1.90. The Morgan fingerprint density at radius 2 is 1.92 bits per heavy atom. The van der Waals surface area contributed by atoms with Crippen LogP contribution in [-0.4, -0.2) is 25.0 Å². The third-order valence-electron chi connectivity index (χ3n) is 5.99. The molecule has 1 saturated heterocycles. The maximum Gasteiger partial charge on any atom is 0.237 e. The molecule has 0 aromatic heterocycles. The predicted octanol–water partition coefficient (Wildman–Crippen LogP) is 5.25. The van der Waals surface area contributed by atoms with Crippen LogP contribution in [0.25, 0.3) is 0 Å². The Bertz CT molecular complexity index is 580. The Morgan fingerprint density at radius 3 is 2.56 bits per heavy atom. The minimum atomic E-state index is -2.94. The topological polar surface area (TPSA) is 35.5 Å². The molecule has 2 fully saturated rings. The molecule has 1 aromatic rings. The van der Waals surface area contributed by atoms with E-state index in [1.165, 1.54) is 12.8 Å². The molecular weight excluding hydrogens is 331 g/mol. The third kappa shape index (κ3) is 4.38. The van der Waals surface area contributed by atoms with Gasteiger partial charge in [0.05, 0.1) is 18.4 Å². The highest BCUT2D eigenvalue weighted by Gasteiger charge is 2.43. The summed E-state index contributed by atoms with van der Waals surface area (Å²) in [6, 6.07) is 9.87. The van der Waals surface area contributed by atoms with Gasteiger partial charge >= 0.3 is 0 Å². The van der Waals surface area contributed by atoms with Gasteiger partial charge in [-0.1, -0.05) is 45.4 Å². The maximum absolute atomic E-state index is 14.2. The van der Waals surface area contributed by atoms with E-state index in [2.05, 4.69) is 20.8 Å². The highest BCUT2D eigenvalue weighted by atomic mass is 31.2. The first-order chi connectivity index (χ1) is 12.0. The van der Waals surface area contributed by atoms with Gasteiger partial charge in [-0.25, -0.2) is 0 Å². The molecule has 1 heterocycles. The normalized spacial score (nSPS) is 33.1. The molecule has 1 aromatic carbocycles. The highest BCUT2D eigenvalue weighted by molar-refractivity contribution is 7.67. The summed E-state index contributed by atoms with van der Waals surface area (Å²) in [5.74, 6) is 1.70. The first kappa shape index (κ1) is 19.1. The van der Waals surface area contributed by atoms with Crippen molar-refractivity contribution in [1.82, 2.24) is 0 Å². The Hall–Kier alpha value is -0.630. The average molecular weight is 364 g/mol. The van der Waals surface area contributed by atoms with Gasteiger partial charge in [-0.05, 0) is 55.6 Å². The van der Waals surface area contributed by atoms with Gasteiger partial charge in [-0.3, -0.25) is 4.57 Å². The minimum absolute atomic E-state index is 0.00584. The summed E-state index contributed by atoms with van der Waals surface area (Å²) in [4.78, 5) is 0. The van der Waals surface area contributed by atoms with Gasteiger partial charge < -0.3 is 9.26 Å². The van der Waals surface area contributed by atoms with E-state index in [4.69, 9.17) is 9.26 Å². The van der Waals surface area contributed by atoms with Crippen LogP contribution < -0.4 is 5.30 Å². The zero-order chi connectivity index (χ0) is 17.9. The monoisotopic (exact) mass is 364 g/mol. The molecule has 0 spiro atoms. The van der Waals surface area contributed by atoms with Gasteiger partial charge in [0.25, 0.3) is 0 Å². The molecule has 1 saturated carbocycles. The van der Waals surface area contributed by atoms with Crippen molar-refractivity contribution in [2.75, 3.05) is 13.2 Å². The van der Waals surface area contributed by atoms with Gasteiger partial charge in [0.2, 0.25) is 7.37 Å². The predicted molar refractivity (Wildman–Crippen MR) is 104 cm³/mol. The van der Waals surface area contributed by atoms with E-state index in [0.717, 1.165) is 31.2 Å². The van der Waals surface area contributed by atoms with E-state index in [9.17, 15) is 4.57 Å². The summed E-state index contributed by atoms with van der Waals surface area (Å²) in [6.45, 7) is 8.17. The van der Waals surface area contributed by atoms with Gasteiger partial charge in [-0.2, -0.15) is 0 Å². The van der Waals surface area contributed by atoms with Crippen molar-refractivity contribution in [3.8, 4) is 0 Å². The lowest BCUT2D eigenvalue weighted by Crippen LogP contribution is -2.37. The molecule has 140 valence electrons. The molecule has 0 N–H and O–H groups in total. The van der Waals surface area contributed by atoms with Crippen LogP contribution in [0.5, 0.6) is 0 Å². The van der Waals surface area contributed by atoms with Crippen LogP contribution in [0.2, 0.25) is 0 Å². The molecule has 3 nitrogen and oxygen atoms in total. The van der Waals surface area contributed by atoms with E-state index in [0.29, 0.717) is 24.4 Å². The number of ether oxygens (including phenoxy) is 1. The van der Waals surface area contributed by atoms with Gasteiger partial charge in [0.1, 0.15) is 0 Å². The van der Waals surface area contributed by atoms with Crippen LogP contribution in [0, 0.1) is 17.8 Å². The fraction of sp³-hybridized carbons (Fsp3) is 0.714. The lowest BCUT2D eigenvalue weighted by molar-refractivity contribution is 0.0422. The first-order valence-corrected chi connectivity index (χ1v) is 11.6. The van der Waals surface area contributed by atoms with Crippen molar-refractivity contribution in [1.29, 1.82) is 0 Å². The van der Waals surface area contributed by atoms with E-state index in [1.54, 1.807) is 0 Å². The fourth-order valence-electron chi connectivity index (χ4n) is 4.42. The molecule has 1 aliphatic heterocycles. The smallest absolute Gasteiger partial charge is 0.237 e. The molecule has 4 heteroatoms. The summed E-state index contributed by atoms with van der Waals surface area (Å²) in [7, 11) is -2.94. The second-order valence-electron chi connectivity index (χ2n) is 8.27. The van der Waals surface area contributed by atoms with Crippen molar-refractivity contribution in [3.05, 3.63) is 30.3 Å². The molecule has 5 atom stereocenters. The van der Waals surface area contributed by atoms with Crippen LogP contribution in [0.15, 0.2) is 30.3 Å². The summed E-state index contributed by atoms with van der Waals surface area (Å²) in [5, 5.41) is 0.867. The molecule has 25 heavy (non-hydrogen) atoms. The number of benzene rings is 1. The standard InChI is InChI=1S/C21H33O3P/c1-16(2)20-12-11-17(3)14-21(20)24-25(22,18-8-5-4-6-9-18)19-10-7-13-23-15-19/h4-6,8-9,16-17,19-21H,7,10-15H2,1-3H3/t17-,19?,20+,21-,25+/m1/s1. The average Bonchev–Trinajstić information content (AvgIpc) is 2.63. The Labute approximate surface area is 152 Å². The fourth-order valence-corrected chi connectivity index (χ4v) is 7.19. The molecule has 2 aliphatic rings. The van der Waals surface area contributed by atoms with E-state index in [-0.39, 0.29) is 11.8 Å². The molecule has 1 unspecified atom stereocenters.